The smallest absolute Gasteiger partial charge is 0.147 e. The van der Waals surface area contributed by atoms with E-state index in [-0.39, 0.29) is 0 Å². The van der Waals surface area contributed by atoms with Crippen LogP contribution in [0.25, 0.3) is 11.0 Å². The fourth-order valence-corrected chi connectivity index (χ4v) is 3.86. The summed E-state index contributed by atoms with van der Waals surface area (Å²) >= 11 is 0. The highest BCUT2D eigenvalue weighted by Crippen LogP contribution is 2.22. The van der Waals surface area contributed by atoms with Gasteiger partial charge in [0.2, 0.25) is 0 Å². The number of aromatic nitrogens is 2. The largest absolute Gasteiger partial charge is 0.494 e. The van der Waals surface area contributed by atoms with Crippen molar-refractivity contribution >= 4 is 11.0 Å². The number of ether oxygens (including phenoxy) is 2. The first-order chi connectivity index (χ1) is 15.6. The molecule has 4 aromatic rings. The summed E-state index contributed by atoms with van der Waals surface area (Å²) in [4.78, 5) is 4.83. The lowest BCUT2D eigenvalue weighted by atomic mass is 10.0. The summed E-state index contributed by atoms with van der Waals surface area (Å²) in [6, 6.07) is 24.8. The lowest BCUT2D eigenvalue weighted by molar-refractivity contribution is 0.283. The second-order valence-electron chi connectivity index (χ2n) is 8.50. The number of rotatable bonds is 10. The third-order valence-corrected chi connectivity index (χ3v) is 5.78. The molecule has 166 valence electrons. The Labute approximate surface area is 190 Å². The number of hydrogen-bond donors (Lipinski definition) is 0. The van der Waals surface area contributed by atoms with Crippen molar-refractivity contribution in [3.63, 3.8) is 0 Å². The van der Waals surface area contributed by atoms with Gasteiger partial charge in [0.25, 0.3) is 0 Å². The molecule has 0 N–H and O–H groups in total. The molecule has 0 saturated heterocycles. The second kappa shape index (κ2) is 10.4. The van der Waals surface area contributed by atoms with Crippen LogP contribution >= 0.6 is 0 Å². The van der Waals surface area contributed by atoms with Crippen molar-refractivity contribution in [3.8, 4) is 11.5 Å². The lowest BCUT2D eigenvalue weighted by Crippen LogP contribution is -2.09. The summed E-state index contributed by atoms with van der Waals surface area (Å²) in [6.07, 6.45) is 2.00. The summed E-state index contributed by atoms with van der Waals surface area (Å²) in [5, 5.41) is 0. The average Bonchev–Trinajstić information content (AvgIpc) is 3.16. The van der Waals surface area contributed by atoms with Gasteiger partial charge in [-0.2, -0.15) is 0 Å². The van der Waals surface area contributed by atoms with Crippen LogP contribution in [0.4, 0.5) is 0 Å². The Bertz CT molecular complexity index is 1150. The van der Waals surface area contributed by atoms with Gasteiger partial charge in [0, 0.05) is 6.54 Å². The molecule has 0 amide bonds. The van der Waals surface area contributed by atoms with Crippen molar-refractivity contribution in [1.82, 2.24) is 9.55 Å². The van der Waals surface area contributed by atoms with Gasteiger partial charge in [-0.05, 0) is 67.1 Å². The van der Waals surface area contributed by atoms with E-state index in [9.17, 15) is 0 Å². The van der Waals surface area contributed by atoms with E-state index in [1.54, 1.807) is 0 Å². The molecule has 0 aliphatic heterocycles. The molecule has 0 bridgehead atoms. The molecule has 0 unspecified atom stereocenters. The van der Waals surface area contributed by atoms with E-state index in [0.717, 1.165) is 53.3 Å². The Hall–Kier alpha value is -3.27. The van der Waals surface area contributed by atoms with E-state index in [2.05, 4.69) is 73.9 Å². The zero-order valence-electron chi connectivity index (χ0n) is 19.3. The van der Waals surface area contributed by atoms with Crippen molar-refractivity contribution in [2.75, 3.05) is 6.61 Å². The van der Waals surface area contributed by atoms with E-state index in [4.69, 9.17) is 14.5 Å². The Kier molecular flexibility index (Phi) is 7.10. The normalized spacial score (nSPS) is 11.2. The molecule has 1 aromatic heterocycles. The lowest BCUT2D eigenvalue weighted by Gasteiger charge is -2.12. The molecular formula is C28H32N2O2. The fraction of sp³-hybridized carbons (Fsp3) is 0.321. The highest BCUT2D eigenvalue weighted by molar-refractivity contribution is 5.75. The SMILES string of the molecule is Cc1ccccc1OCc1nc2ccccc2n1CCCCOc1ccc(C(C)C)cc1. The third kappa shape index (κ3) is 5.31. The minimum absolute atomic E-state index is 0.457. The van der Waals surface area contributed by atoms with Gasteiger partial charge in [-0.3, -0.25) is 0 Å². The topological polar surface area (TPSA) is 36.3 Å². The van der Waals surface area contributed by atoms with Crippen molar-refractivity contribution in [1.29, 1.82) is 0 Å². The first-order valence-electron chi connectivity index (χ1n) is 11.5. The van der Waals surface area contributed by atoms with E-state index in [1.807, 2.05) is 24.3 Å². The van der Waals surface area contributed by atoms with Crippen LogP contribution in [-0.4, -0.2) is 16.2 Å². The maximum Gasteiger partial charge on any atom is 0.147 e. The second-order valence-corrected chi connectivity index (χ2v) is 8.50. The quantitative estimate of drug-likeness (QED) is 0.258. The molecule has 0 aliphatic carbocycles. The fourth-order valence-electron chi connectivity index (χ4n) is 3.86. The zero-order chi connectivity index (χ0) is 22.3. The summed E-state index contributed by atoms with van der Waals surface area (Å²) in [6.45, 7) is 8.53. The molecule has 0 fully saturated rings. The number of aryl methyl sites for hydroxylation is 2. The van der Waals surface area contributed by atoms with Gasteiger partial charge in [-0.1, -0.05) is 56.3 Å². The molecule has 32 heavy (non-hydrogen) atoms. The van der Waals surface area contributed by atoms with Gasteiger partial charge in [0.05, 0.1) is 17.6 Å². The molecule has 0 atom stereocenters. The molecule has 4 rings (SSSR count). The minimum Gasteiger partial charge on any atom is -0.494 e. The molecule has 4 nitrogen and oxygen atoms in total. The number of fused-ring (bicyclic) bond motifs is 1. The van der Waals surface area contributed by atoms with Crippen molar-refractivity contribution in [2.45, 2.75) is 52.7 Å². The molecule has 0 radical (unpaired) electrons. The zero-order valence-corrected chi connectivity index (χ0v) is 19.3. The van der Waals surface area contributed by atoms with Crippen LogP contribution in [0.15, 0.2) is 72.8 Å². The van der Waals surface area contributed by atoms with Gasteiger partial charge in [0.15, 0.2) is 0 Å². The Morgan fingerprint density at radius 3 is 2.38 bits per heavy atom. The van der Waals surface area contributed by atoms with Crippen LogP contribution in [0.3, 0.4) is 0 Å². The van der Waals surface area contributed by atoms with Gasteiger partial charge < -0.3 is 14.0 Å². The average molecular weight is 429 g/mol. The van der Waals surface area contributed by atoms with Crippen molar-refractivity contribution in [3.05, 3.63) is 89.7 Å². The first-order valence-corrected chi connectivity index (χ1v) is 11.5. The summed E-state index contributed by atoms with van der Waals surface area (Å²) in [5.74, 6) is 3.34. The van der Waals surface area contributed by atoms with Crippen molar-refractivity contribution in [2.24, 2.45) is 0 Å². The highest BCUT2D eigenvalue weighted by Gasteiger charge is 2.11. The molecule has 1 heterocycles. The standard InChI is InChI=1S/C28H32N2O2/c1-21(2)23-14-16-24(17-15-23)31-19-9-8-18-30-26-12-6-5-11-25(26)29-28(30)20-32-27-13-7-4-10-22(27)3/h4-7,10-17,21H,8-9,18-20H2,1-3H3. The molecule has 0 spiro atoms. The number of imidazole rings is 1. The molecular weight excluding hydrogens is 396 g/mol. The van der Waals surface area contributed by atoms with Crippen LogP contribution in [0.5, 0.6) is 11.5 Å². The minimum atomic E-state index is 0.457. The highest BCUT2D eigenvalue weighted by atomic mass is 16.5. The maximum absolute atomic E-state index is 6.10. The summed E-state index contributed by atoms with van der Waals surface area (Å²) < 4.78 is 14.3. The Balaban J connectivity index is 1.35. The third-order valence-electron chi connectivity index (χ3n) is 5.78. The van der Waals surface area contributed by atoms with Gasteiger partial charge >= 0.3 is 0 Å². The van der Waals surface area contributed by atoms with Crippen LogP contribution in [0.1, 0.15) is 49.6 Å². The number of benzene rings is 3. The van der Waals surface area contributed by atoms with E-state index in [0.29, 0.717) is 19.1 Å². The van der Waals surface area contributed by atoms with Gasteiger partial charge in [0.1, 0.15) is 23.9 Å². The monoisotopic (exact) mass is 428 g/mol. The predicted molar refractivity (Wildman–Crippen MR) is 131 cm³/mol. The van der Waals surface area contributed by atoms with E-state index < -0.39 is 0 Å². The molecule has 3 aromatic carbocycles. The summed E-state index contributed by atoms with van der Waals surface area (Å²) in [5.41, 5.74) is 4.64. The van der Waals surface area contributed by atoms with Crippen molar-refractivity contribution < 1.29 is 9.47 Å². The predicted octanol–water partition coefficient (Wildman–Crippen LogP) is 6.91. The number of para-hydroxylation sites is 3. The first kappa shape index (κ1) is 21.9. The van der Waals surface area contributed by atoms with Crippen LogP contribution in [-0.2, 0) is 13.2 Å². The van der Waals surface area contributed by atoms with E-state index in [1.165, 1.54) is 5.56 Å². The summed E-state index contributed by atoms with van der Waals surface area (Å²) in [7, 11) is 0. The van der Waals surface area contributed by atoms with Crippen LogP contribution in [0, 0.1) is 6.92 Å². The number of nitrogens with zero attached hydrogens (tertiary/aromatic N) is 2. The Morgan fingerprint density at radius 2 is 1.59 bits per heavy atom. The van der Waals surface area contributed by atoms with Gasteiger partial charge in [-0.15, -0.1) is 0 Å². The van der Waals surface area contributed by atoms with Crippen LogP contribution in [0.2, 0.25) is 0 Å². The number of hydrogen-bond acceptors (Lipinski definition) is 3. The Morgan fingerprint density at radius 1 is 0.844 bits per heavy atom. The maximum atomic E-state index is 6.10. The van der Waals surface area contributed by atoms with Gasteiger partial charge in [-0.25, -0.2) is 4.98 Å². The molecule has 4 heteroatoms. The van der Waals surface area contributed by atoms with Crippen LogP contribution < -0.4 is 9.47 Å². The molecule has 0 aliphatic rings. The molecule has 0 saturated carbocycles. The van der Waals surface area contributed by atoms with E-state index >= 15 is 0 Å². The number of unbranched alkanes of at least 4 members (excludes halogenated alkanes) is 1.